The van der Waals surface area contributed by atoms with Crippen LogP contribution in [0, 0.1) is 0 Å². The Bertz CT molecular complexity index is 428. The summed E-state index contributed by atoms with van der Waals surface area (Å²) in [5, 5.41) is 4.36. The molecule has 0 aliphatic heterocycles. The van der Waals surface area contributed by atoms with E-state index in [1.165, 1.54) is 30.4 Å². The average Bonchev–Trinajstić information content (AvgIpc) is 2.84. The fraction of sp³-hybridized carbons (Fsp3) is 0.429. The molecule has 0 saturated carbocycles. The molecule has 0 radical (unpaired) electrons. The maximum Gasteiger partial charge on any atom is 0.0599 e. The summed E-state index contributed by atoms with van der Waals surface area (Å²) >= 11 is 9.88. The summed E-state index contributed by atoms with van der Waals surface area (Å²) in [5.74, 6) is 0. The summed E-state index contributed by atoms with van der Waals surface area (Å²) in [6.07, 6.45) is 6.00. The number of rotatable bonds is 4. The lowest BCUT2D eigenvalue weighted by Crippen LogP contribution is -2.22. The van der Waals surface area contributed by atoms with Crippen LogP contribution in [-0.4, -0.2) is 6.54 Å². The molecule has 1 aliphatic rings. The maximum atomic E-state index is 6.39. The minimum atomic E-state index is 0.271. The summed E-state index contributed by atoms with van der Waals surface area (Å²) in [6.45, 7) is 3.08. The van der Waals surface area contributed by atoms with Crippen LogP contribution in [0.15, 0.2) is 34.3 Å². The molecular weight excluding hydrogens is 298 g/mol. The van der Waals surface area contributed by atoms with Gasteiger partial charge in [-0.15, -0.1) is 0 Å². The van der Waals surface area contributed by atoms with Gasteiger partial charge in [-0.3, -0.25) is 0 Å². The molecular formula is C14H17BrClN. The van der Waals surface area contributed by atoms with E-state index in [9.17, 15) is 0 Å². The highest BCUT2D eigenvalue weighted by molar-refractivity contribution is 9.10. The molecule has 0 aromatic heterocycles. The molecule has 1 nitrogen and oxygen atoms in total. The van der Waals surface area contributed by atoms with Crippen LogP contribution < -0.4 is 5.32 Å². The number of hydrogen-bond acceptors (Lipinski definition) is 1. The van der Waals surface area contributed by atoms with E-state index in [1.807, 2.05) is 12.1 Å². The van der Waals surface area contributed by atoms with Crippen LogP contribution in [0.5, 0.6) is 0 Å². The second-order valence-corrected chi connectivity index (χ2v) is 5.54. The molecule has 0 amide bonds. The summed E-state index contributed by atoms with van der Waals surface area (Å²) in [4.78, 5) is 0. The Morgan fingerprint density at radius 2 is 2.29 bits per heavy atom. The lowest BCUT2D eigenvalue weighted by atomic mass is 9.98. The van der Waals surface area contributed by atoms with Crippen LogP contribution in [-0.2, 0) is 0 Å². The Hall–Kier alpha value is -0.310. The van der Waals surface area contributed by atoms with Crippen molar-refractivity contribution in [3.8, 4) is 0 Å². The highest BCUT2D eigenvalue weighted by Gasteiger charge is 2.20. The normalized spacial score (nSPS) is 17.0. The molecule has 2 rings (SSSR count). The van der Waals surface area contributed by atoms with Crippen LogP contribution in [0.3, 0.4) is 0 Å². The van der Waals surface area contributed by atoms with E-state index in [-0.39, 0.29) is 6.04 Å². The molecule has 1 N–H and O–H groups in total. The van der Waals surface area contributed by atoms with Gasteiger partial charge in [0.25, 0.3) is 0 Å². The van der Waals surface area contributed by atoms with E-state index in [1.54, 1.807) is 0 Å². The molecule has 1 aromatic rings. The van der Waals surface area contributed by atoms with Crippen molar-refractivity contribution in [2.75, 3.05) is 6.54 Å². The fourth-order valence-corrected chi connectivity index (χ4v) is 2.96. The molecule has 1 aliphatic carbocycles. The van der Waals surface area contributed by atoms with Crippen molar-refractivity contribution in [1.82, 2.24) is 5.32 Å². The van der Waals surface area contributed by atoms with Crippen molar-refractivity contribution in [1.29, 1.82) is 0 Å². The first kappa shape index (κ1) is 13.1. The topological polar surface area (TPSA) is 12.0 Å². The molecule has 0 bridgehead atoms. The highest BCUT2D eigenvalue weighted by Crippen LogP contribution is 2.36. The lowest BCUT2D eigenvalue weighted by molar-refractivity contribution is 0.605. The largest absolute Gasteiger partial charge is 0.307 e. The van der Waals surface area contributed by atoms with E-state index in [0.717, 1.165) is 16.0 Å². The molecule has 92 valence electrons. The smallest absolute Gasteiger partial charge is 0.0599 e. The Morgan fingerprint density at radius 3 is 2.94 bits per heavy atom. The predicted molar refractivity (Wildman–Crippen MR) is 77.5 cm³/mol. The third-order valence-corrected chi connectivity index (χ3v) is 4.46. The van der Waals surface area contributed by atoms with Crippen LogP contribution in [0.25, 0.3) is 0 Å². The number of halogens is 2. The second kappa shape index (κ2) is 6.03. The van der Waals surface area contributed by atoms with Crippen molar-refractivity contribution in [3.63, 3.8) is 0 Å². The van der Waals surface area contributed by atoms with Crippen molar-refractivity contribution in [3.05, 3.63) is 44.9 Å². The summed E-state index contributed by atoms with van der Waals surface area (Å²) in [5.41, 5.74) is 2.66. The zero-order chi connectivity index (χ0) is 12.3. The van der Waals surface area contributed by atoms with Crippen molar-refractivity contribution >= 4 is 27.5 Å². The Balaban J connectivity index is 2.35. The van der Waals surface area contributed by atoms with Gasteiger partial charge in [0.05, 0.1) is 11.1 Å². The summed E-state index contributed by atoms with van der Waals surface area (Å²) in [6, 6.07) is 6.41. The van der Waals surface area contributed by atoms with E-state index in [2.05, 4.69) is 40.3 Å². The Morgan fingerprint density at radius 1 is 1.47 bits per heavy atom. The lowest BCUT2D eigenvalue weighted by Gasteiger charge is -2.21. The SMILES string of the molecule is CCNC(C1=CCCC1)c1cccc(Br)c1Cl. The maximum absolute atomic E-state index is 6.39. The van der Waals surface area contributed by atoms with Gasteiger partial charge in [-0.05, 0) is 53.4 Å². The molecule has 0 spiro atoms. The van der Waals surface area contributed by atoms with E-state index < -0.39 is 0 Å². The van der Waals surface area contributed by atoms with Crippen LogP contribution in [0.1, 0.15) is 37.8 Å². The van der Waals surface area contributed by atoms with Crippen molar-refractivity contribution in [2.24, 2.45) is 0 Å². The molecule has 1 atom stereocenters. The molecule has 1 aromatic carbocycles. The quantitative estimate of drug-likeness (QED) is 0.782. The number of benzene rings is 1. The third kappa shape index (κ3) is 2.93. The monoisotopic (exact) mass is 313 g/mol. The molecule has 17 heavy (non-hydrogen) atoms. The van der Waals surface area contributed by atoms with Gasteiger partial charge in [0, 0.05) is 4.47 Å². The van der Waals surface area contributed by atoms with Crippen LogP contribution in [0.4, 0.5) is 0 Å². The van der Waals surface area contributed by atoms with Gasteiger partial charge in [-0.2, -0.15) is 0 Å². The third-order valence-electron chi connectivity index (χ3n) is 3.15. The fourth-order valence-electron chi connectivity index (χ4n) is 2.35. The van der Waals surface area contributed by atoms with Gasteiger partial charge in [0.15, 0.2) is 0 Å². The van der Waals surface area contributed by atoms with Gasteiger partial charge < -0.3 is 5.32 Å². The molecule has 3 heteroatoms. The van der Waals surface area contributed by atoms with Crippen LogP contribution >= 0.6 is 27.5 Å². The number of allylic oxidation sites excluding steroid dienone is 1. The number of likely N-dealkylation sites (N-methyl/N-ethyl adjacent to an activating group) is 1. The Kier molecular flexibility index (Phi) is 4.66. The first-order valence-electron chi connectivity index (χ1n) is 6.10. The molecule has 0 fully saturated rings. The summed E-state index contributed by atoms with van der Waals surface area (Å²) in [7, 11) is 0. The Labute approximate surface area is 116 Å². The minimum absolute atomic E-state index is 0.271. The van der Waals surface area contributed by atoms with E-state index in [4.69, 9.17) is 11.6 Å². The van der Waals surface area contributed by atoms with Crippen molar-refractivity contribution < 1.29 is 0 Å². The average molecular weight is 315 g/mol. The zero-order valence-corrected chi connectivity index (χ0v) is 12.3. The molecule has 1 unspecified atom stereocenters. The molecule has 0 saturated heterocycles. The first-order chi connectivity index (χ1) is 8.24. The van der Waals surface area contributed by atoms with Crippen molar-refractivity contribution in [2.45, 2.75) is 32.2 Å². The van der Waals surface area contributed by atoms with E-state index in [0.29, 0.717) is 0 Å². The molecule has 0 heterocycles. The van der Waals surface area contributed by atoms with Gasteiger partial charge in [-0.25, -0.2) is 0 Å². The standard InChI is InChI=1S/C14H17BrClN/c1-2-17-14(10-6-3-4-7-10)11-8-5-9-12(15)13(11)16/h5-6,8-9,14,17H,2-4,7H2,1H3. The van der Waals surface area contributed by atoms with Gasteiger partial charge in [-0.1, -0.05) is 42.3 Å². The number of nitrogens with one attached hydrogen (secondary N) is 1. The van der Waals surface area contributed by atoms with Gasteiger partial charge >= 0.3 is 0 Å². The predicted octanol–water partition coefficient (Wildman–Crippen LogP) is 4.86. The number of hydrogen-bond donors (Lipinski definition) is 1. The van der Waals surface area contributed by atoms with Crippen LogP contribution in [0.2, 0.25) is 5.02 Å². The van der Waals surface area contributed by atoms with E-state index >= 15 is 0 Å². The van der Waals surface area contributed by atoms with Gasteiger partial charge in [0.1, 0.15) is 0 Å². The second-order valence-electron chi connectivity index (χ2n) is 4.31. The first-order valence-corrected chi connectivity index (χ1v) is 7.27. The highest BCUT2D eigenvalue weighted by atomic mass is 79.9. The van der Waals surface area contributed by atoms with Gasteiger partial charge in [0.2, 0.25) is 0 Å². The minimum Gasteiger partial charge on any atom is -0.307 e. The zero-order valence-electron chi connectivity index (χ0n) is 9.97. The summed E-state index contributed by atoms with van der Waals surface area (Å²) < 4.78 is 0.971.